The van der Waals surface area contributed by atoms with Gasteiger partial charge >= 0.3 is 0 Å². The van der Waals surface area contributed by atoms with E-state index in [4.69, 9.17) is 5.26 Å². The van der Waals surface area contributed by atoms with Gasteiger partial charge in [0, 0.05) is 18.0 Å². The van der Waals surface area contributed by atoms with Crippen molar-refractivity contribution in [3.8, 4) is 17.5 Å². The standard InChI is InChI=1S/C22H27N3/c1-3-16(2)12-17-4-8-19(9-5-17)21-14-24-22(25-15-21)20-10-6-18(13-23)7-11-20/h6-7,10-11,14-17,19H,3-5,8-9,12H2,1-2H3/t16?,17-,19-. The Morgan fingerprint density at radius 2 is 1.72 bits per heavy atom. The Kier molecular flexibility index (Phi) is 5.81. The van der Waals surface area contributed by atoms with Gasteiger partial charge in [0.25, 0.3) is 0 Å². The number of hydrogen-bond acceptors (Lipinski definition) is 3. The molecule has 3 rings (SSSR count). The molecule has 0 spiro atoms. The zero-order valence-corrected chi connectivity index (χ0v) is 15.3. The lowest BCUT2D eigenvalue weighted by atomic mass is 9.76. The van der Waals surface area contributed by atoms with E-state index in [-0.39, 0.29) is 0 Å². The maximum Gasteiger partial charge on any atom is 0.159 e. The van der Waals surface area contributed by atoms with Crippen molar-refractivity contribution in [3.05, 3.63) is 47.8 Å². The average molecular weight is 333 g/mol. The first-order chi connectivity index (χ1) is 12.2. The fourth-order valence-electron chi connectivity index (χ4n) is 3.86. The summed E-state index contributed by atoms with van der Waals surface area (Å²) in [4.78, 5) is 9.13. The van der Waals surface area contributed by atoms with Gasteiger partial charge in [0.2, 0.25) is 0 Å². The summed E-state index contributed by atoms with van der Waals surface area (Å²) in [7, 11) is 0. The first kappa shape index (κ1) is 17.6. The topological polar surface area (TPSA) is 49.6 Å². The summed E-state index contributed by atoms with van der Waals surface area (Å²) in [6.07, 6.45) is 11.9. The molecule has 1 unspecified atom stereocenters. The van der Waals surface area contributed by atoms with Crippen LogP contribution in [-0.2, 0) is 0 Å². The first-order valence-electron chi connectivity index (χ1n) is 9.52. The molecule has 1 saturated carbocycles. The third-order valence-electron chi connectivity index (χ3n) is 5.69. The molecule has 2 aromatic rings. The molecule has 1 aliphatic carbocycles. The second kappa shape index (κ2) is 8.25. The van der Waals surface area contributed by atoms with Crippen molar-refractivity contribution < 1.29 is 0 Å². The van der Waals surface area contributed by atoms with Crippen LogP contribution in [-0.4, -0.2) is 9.97 Å². The zero-order chi connectivity index (χ0) is 17.6. The van der Waals surface area contributed by atoms with E-state index in [0.29, 0.717) is 11.5 Å². The number of aromatic nitrogens is 2. The Bertz CT molecular complexity index is 704. The summed E-state index contributed by atoms with van der Waals surface area (Å²) < 4.78 is 0. The van der Waals surface area contributed by atoms with Crippen LogP contribution in [0.5, 0.6) is 0 Å². The molecule has 25 heavy (non-hydrogen) atoms. The summed E-state index contributed by atoms with van der Waals surface area (Å²) in [5, 5.41) is 8.88. The van der Waals surface area contributed by atoms with E-state index < -0.39 is 0 Å². The Labute approximate surface area is 151 Å². The summed E-state index contributed by atoms with van der Waals surface area (Å²) in [6, 6.07) is 9.58. The monoisotopic (exact) mass is 333 g/mol. The van der Waals surface area contributed by atoms with Crippen LogP contribution < -0.4 is 0 Å². The second-order valence-electron chi connectivity index (χ2n) is 7.50. The lowest BCUT2D eigenvalue weighted by Crippen LogP contribution is -2.16. The van der Waals surface area contributed by atoms with Crippen LogP contribution in [0.15, 0.2) is 36.7 Å². The molecular weight excluding hydrogens is 306 g/mol. The van der Waals surface area contributed by atoms with Crippen LogP contribution >= 0.6 is 0 Å². The molecule has 1 aromatic heterocycles. The molecule has 1 atom stereocenters. The molecule has 1 heterocycles. The average Bonchev–Trinajstić information content (AvgIpc) is 2.69. The van der Waals surface area contributed by atoms with Crippen molar-refractivity contribution in [3.63, 3.8) is 0 Å². The van der Waals surface area contributed by atoms with Gasteiger partial charge in [-0.15, -0.1) is 0 Å². The van der Waals surface area contributed by atoms with Crippen LogP contribution in [0.2, 0.25) is 0 Å². The van der Waals surface area contributed by atoms with Crippen molar-refractivity contribution >= 4 is 0 Å². The Balaban J connectivity index is 1.60. The van der Waals surface area contributed by atoms with Gasteiger partial charge in [-0.1, -0.05) is 20.3 Å². The molecule has 130 valence electrons. The largest absolute Gasteiger partial charge is 0.236 e. The van der Waals surface area contributed by atoms with Gasteiger partial charge in [0.05, 0.1) is 11.6 Å². The number of rotatable bonds is 5. The van der Waals surface area contributed by atoms with Crippen LogP contribution in [0.1, 0.15) is 69.4 Å². The van der Waals surface area contributed by atoms with Crippen molar-refractivity contribution in [1.82, 2.24) is 9.97 Å². The normalized spacial score (nSPS) is 21.5. The van der Waals surface area contributed by atoms with Crippen molar-refractivity contribution in [2.24, 2.45) is 11.8 Å². The molecule has 1 fully saturated rings. The maximum absolute atomic E-state index is 8.88. The highest BCUT2D eigenvalue weighted by Gasteiger charge is 2.23. The molecule has 1 aliphatic rings. The summed E-state index contributed by atoms with van der Waals surface area (Å²) in [5.41, 5.74) is 2.90. The summed E-state index contributed by atoms with van der Waals surface area (Å²) >= 11 is 0. The number of nitrogens with zero attached hydrogens (tertiary/aromatic N) is 3. The van der Waals surface area contributed by atoms with Gasteiger partial charge in [0.1, 0.15) is 0 Å². The van der Waals surface area contributed by atoms with E-state index in [1.54, 1.807) is 0 Å². The molecule has 0 bridgehead atoms. The Morgan fingerprint density at radius 1 is 1.08 bits per heavy atom. The molecule has 0 amide bonds. The highest BCUT2D eigenvalue weighted by atomic mass is 14.9. The molecule has 3 heteroatoms. The third kappa shape index (κ3) is 4.45. The van der Waals surface area contributed by atoms with Gasteiger partial charge in [-0.2, -0.15) is 5.26 Å². The Morgan fingerprint density at radius 3 is 2.28 bits per heavy atom. The maximum atomic E-state index is 8.88. The second-order valence-corrected chi connectivity index (χ2v) is 7.50. The van der Waals surface area contributed by atoms with Crippen LogP contribution in [0.4, 0.5) is 0 Å². The number of nitriles is 1. The predicted molar refractivity (Wildman–Crippen MR) is 101 cm³/mol. The molecular formula is C22H27N3. The van der Waals surface area contributed by atoms with Crippen LogP contribution in [0, 0.1) is 23.2 Å². The van der Waals surface area contributed by atoms with Gasteiger partial charge in [0.15, 0.2) is 5.82 Å². The highest BCUT2D eigenvalue weighted by molar-refractivity contribution is 5.56. The fourth-order valence-corrected chi connectivity index (χ4v) is 3.86. The minimum atomic E-state index is 0.614. The smallest absolute Gasteiger partial charge is 0.159 e. The van der Waals surface area contributed by atoms with Gasteiger partial charge in [-0.05, 0) is 79.7 Å². The van der Waals surface area contributed by atoms with Crippen molar-refractivity contribution in [2.75, 3.05) is 0 Å². The SMILES string of the molecule is CCC(C)C[C@H]1CC[C@H](c2cnc(-c3ccc(C#N)cc3)nc2)CC1. The fraction of sp³-hybridized carbons (Fsp3) is 0.500. The van der Waals surface area contributed by atoms with E-state index in [9.17, 15) is 0 Å². The molecule has 1 aromatic carbocycles. The first-order valence-corrected chi connectivity index (χ1v) is 9.52. The van der Waals surface area contributed by atoms with Gasteiger partial charge < -0.3 is 0 Å². The van der Waals surface area contributed by atoms with E-state index in [0.717, 1.165) is 23.2 Å². The summed E-state index contributed by atoms with van der Waals surface area (Å²) in [5.74, 6) is 3.11. The molecule has 0 saturated heterocycles. The predicted octanol–water partition coefficient (Wildman–Crippen LogP) is 5.73. The van der Waals surface area contributed by atoms with E-state index in [1.165, 1.54) is 44.1 Å². The minimum Gasteiger partial charge on any atom is -0.236 e. The Hall–Kier alpha value is -2.21. The minimum absolute atomic E-state index is 0.614. The summed E-state index contributed by atoms with van der Waals surface area (Å²) in [6.45, 7) is 4.67. The third-order valence-corrected chi connectivity index (χ3v) is 5.69. The van der Waals surface area contributed by atoms with Crippen LogP contribution in [0.25, 0.3) is 11.4 Å². The molecule has 3 nitrogen and oxygen atoms in total. The quantitative estimate of drug-likeness (QED) is 0.702. The van der Waals surface area contributed by atoms with E-state index in [2.05, 4.69) is 29.9 Å². The number of hydrogen-bond donors (Lipinski definition) is 0. The zero-order valence-electron chi connectivity index (χ0n) is 15.3. The van der Waals surface area contributed by atoms with E-state index >= 15 is 0 Å². The van der Waals surface area contributed by atoms with E-state index in [1.807, 2.05) is 36.7 Å². The van der Waals surface area contributed by atoms with Crippen molar-refractivity contribution in [1.29, 1.82) is 5.26 Å². The lowest BCUT2D eigenvalue weighted by Gasteiger charge is -2.30. The highest BCUT2D eigenvalue weighted by Crippen LogP contribution is 2.38. The molecule has 0 radical (unpaired) electrons. The molecule has 0 aliphatic heterocycles. The van der Waals surface area contributed by atoms with Crippen molar-refractivity contribution in [2.45, 2.75) is 58.3 Å². The van der Waals surface area contributed by atoms with Gasteiger partial charge in [-0.25, -0.2) is 9.97 Å². The van der Waals surface area contributed by atoms with Crippen LogP contribution in [0.3, 0.4) is 0 Å². The molecule has 0 N–H and O–H groups in total. The van der Waals surface area contributed by atoms with Gasteiger partial charge in [-0.3, -0.25) is 0 Å². The number of benzene rings is 1. The lowest BCUT2D eigenvalue weighted by molar-refractivity contribution is 0.273.